The summed E-state index contributed by atoms with van der Waals surface area (Å²) in [5, 5.41) is 3.96. The molecule has 0 radical (unpaired) electrons. The molecule has 0 amide bonds. The second-order valence-corrected chi connectivity index (χ2v) is 9.54. The number of anilines is 1. The van der Waals surface area contributed by atoms with E-state index in [1.54, 1.807) is 13.0 Å². The summed E-state index contributed by atoms with van der Waals surface area (Å²) in [6.07, 6.45) is 0. The molecule has 0 saturated heterocycles. The third-order valence-corrected chi connectivity index (χ3v) is 7.11. The van der Waals surface area contributed by atoms with Gasteiger partial charge < -0.3 is 4.52 Å². The first kappa shape index (κ1) is 18.7. The first-order chi connectivity index (χ1) is 12.1. The smallest absolute Gasteiger partial charge is 0.263 e. The van der Waals surface area contributed by atoms with Gasteiger partial charge in [0.25, 0.3) is 10.0 Å². The Kier molecular flexibility index (Phi) is 4.71. The number of aromatic nitrogens is 1. The van der Waals surface area contributed by atoms with Gasteiger partial charge in [0, 0.05) is 10.4 Å². The van der Waals surface area contributed by atoms with E-state index in [0.29, 0.717) is 16.3 Å². The average molecular weight is 391 g/mol. The van der Waals surface area contributed by atoms with E-state index < -0.39 is 10.0 Å². The van der Waals surface area contributed by atoms with Crippen LogP contribution in [0.3, 0.4) is 0 Å². The molecule has 0 spiro atoms. The van der Waals surface area contributed by atoms with Crippen molar-refractivity contribution in [3.63, 3.8) is 0 Å². The van der Waals surface area contributed by atoms with Crippen molar-refractivity contribution in [1.29, 1.82) is 0 Å². The first-order valence-electron chi connectivity index (χ1n) is 8.24. The van der Waals surface area contributed by atoms with E-state index in [4.69, 9.17) is 4.52 Å². The Balaban J connectivity index is 2.02. The predicted molar refractivity (Wildman–Crippen MR) is 105 cm³/mol. The number of aryl methyl sites for hydroxylation is 5. The molecule has 7 heteroatoms. The normalized spacial score (nSPS) is 11.8. The van der Waals surface area contributed by atoms with Gasteiger partial charge in [-0.1, -0.05) is 22.9 Å². The molecule has 0 unspecified atom stereocenters. The summed E-state index contributed by atoms with van der Waals surface area (Å²) in [7, 11) is -3.70. The van der Waals surface area contributed by atoms with Crippen molar-refractivity contribution in [2.45, 2.75) is 46.4 Å². The van der Waals surface area contributed by atoms with Gasteiger partial charge in [-0.3, -0.25) is 4.72 Å². The lowest BCUT2D eigenvalue weighted by molar-refractivity contribution is 0.427. The molecule has 26 heavy (non-hydrogen) atoms. The second-order valence-electron chi connectivity index (χ2n) is 6.63. The van der Waals surface area contributed by atoms with Crippen LogP contribution in [0.4, 0.5) is 5.69 Å². The van der Waals surface area contributed by atoms with Gasteiger partial charge >= 0.3 is 0 Å². The lowest BCUT2D eigenvalue weighted by atomic mass is 10.1. The number of rotatable bonds is 4. The van der Waals surface area contributed by atoms with Crippen molar-refractivity contribution in [1.82, 2.24) is 5.16 Å². The molecule has 2 aromatic heterocycles. The minimum atomic E-state index is -3.70. The highest BCUT2D eigenvalue weighted by atomic mass is 32.2. The number of hydrogen-bond donors (Lipinski definition) is 1. The molecular weight excluding hydrogens is 368 g/mol. The molecule has 0 bridgehead atoms. The predicted octanol–water partition coefficient (Wildman–Crippen LogP) is 5.05. The monoisotopic (exact) mass is 390 g/mol. The average Bonchev–Trinajstić information content (AvgIpc) is 3.07. The minimum Gasteiger partial charge on any atom is -0.355 e. The van der Waals surface area contributed by atoms with Crippen LogP contribution in [0.15, 0.2) is 27.6 Å². The molecule has 1 aromatic carbocycles. The molecule has 0 aliphatic heterocycles. The highest BCUT2D eigenvalue weighted by Crippen LogP contribution is 2.37. The van der Waals surface area contributed by atoms with Crippen molar-refractivity contribution >= 4 is 27.0 Å². The van der Waals surface area contributed by atoms with E-state index in [-0.39, 0.29) is 4.90 Å². The van der Waals surface area contributed by atoms with Crippen LogP contribution in [0.25, 0.3) is 10.6 Å². The Morgan fingerprint density at radius 1 is 1.00 bits per heavy atom. The van der Waals surface area contributed by atoms with Gasteiger partial charge in [0.1, 0.15) is 4.90 Å². The Hall–Kier alpha value is -2.12. The molecule has 138 valence electrons. The van der Waals surface area contributed by atoms with E-state index >= 15 is 0 Å². The van der Waals surface area contributed by atoms with Crippen molar-refractivity contribution in [2.24, 2.45) is 0 Å². The molecule has 3 aromatic rings. The Morgan fingerprint density at radius 2 is 1.62 bits per heavy atom. The van der Waals surface area contributed by atoms with E-state index in [1.165, 1.54) is 11.3 Å². The summed E-state index contributed by atoms with van der Waals surface area (Å²) in [6.45, 7) is 11.4. The zero-order valence-electron chi connectivity index (χ0n) is 15.7. The van der Waals surface area contributed by atoms with Crippen LogP contribution in [-0.4, -0.2) is 13.6 Å². The van der Waals surface area contributed by atoms with Crippen LogP contribution in [0.1, 0.15) is 32.8 Å². The van der Waals surface area contributed by atoms with Gasteiger partial charge in [0.05, 0.1) is 16.3 Å². The molecule has 0 atom stereocenters. The summed E-state index contributed by atoms with van der Waals surface area (Å²) >= 11 is 1.39. The van der Waals surface area contributed by atoms with E-state index in [9.17, 15) is 8.42 Å². The summed E-state index contributed by atoms with van der Waals surface area (Å²) in [5.41, 5.74) is 5.28. The number of nitrogens with zero attached hydrogens (tertiary/aromatic N) is 1. The maximum absolute atomic E-state index is 13.0. The van der Waals surface area contributed by atoms with Crippen molar-refractivity contribution in [3.8, 4) is 10.6 Å². The fraction of sp³-hybridized carbons (Fsp3) is 0.316. The molecule has 5 nitrogen and oxygen atoms in total. The summed E-state index contributed by atoms with van der Waals surface area (Å²) in [5.74, 6) is 0.625. The van der Waals surface area contributed by atoms with E-state index in [0.717, 1.165) is 32.8 Å². The van der Waals surface area contributed by atoms with Crippen molar-refractivity contribution < 1.29 is 12.9 Å². The van der Waals surface area contributed by atoms with Crippen molar-refractivity contribution in [3.05, 3.63) is 51.0 Å². The topological polar surface area (TPSA) is 72.2 Å². The number of benzene rings is 1. The molecule has 3 rings (SSSR count). The number of sulfonamides is 1. The van der Waals surface area contributed by atoms with E-state index in [2.05, 4.69) is 9.88 Å². The number of nitrogens with one attached hydrogen (secondary N) is 1. The molecular formula is C19H22N2O3S2. The van der Waals surface area contributed by atoms with Gasteiger partial charge in [-0.05, 0) is 58.7 Å². The zero-order chi connectivity index (χ0) is 19.2. The first-order valence-corrected chi connectivity index (χ1v) is 10.5. The van der Waals surface area contributed by atoms with Crippen LogP contribution >= 0.6 is 11.3 Å². The molecule has 0 saturated carbocycles. The number of thiophene rings is 1. The van der Waals surface area contributed by atoms with Crippen LogP contribution in [-0.2, 0) is 10.0 Å². The van der Waals surface area contributed by atoms with E-state index in [1.807, 2.05) is 46.8 Å². The molecule has 0 aliphatic carbocycles. The zero-order valence-corrected chi connectivity index (χ0v) is 17.4. The molecule has 2 heterocycles. The van der Waals surface area contributed by atoms with Crippen molar-refractivity contribution in [2.75, 3.05) is 4.72 Å². The van der Waals surface area contributed by atoms with Crippen LogP contribution in [0, 0.1) is 41.5 Å². The SMILES string of the molecule is Cc1cc(C)c(NS(=O)(=O)c2cc(-c3onc(C)c3C)sc2C)c(C)c1. The maximum Gasteiger partial charge on any atom is 0.263 e. The Bertz CT molecular complexity index is 1070. The summed E-state index contributed by atoms with van der Waals surface area (Å²) < 4.78 is 34.1. The maximum atomic E-state index is 13.0. The van der Waals surface area contributed by atoms with Gasteiger partial charge in [0.2, 0.25) is 0 Å². The summed E-state index contributed by atoms with van der Waals surface area (Å²) in [4.78, 5) is 1.74. The molecule has 0 fully saturated rings. The molecule has 0 aliphatic rings. The lowest BCUT2D eigenvalue weighted by Crippen LogP contribution is -2.15. The summed E-state index contributed by atoms with van der Waals surface area (Å²) in [6, 6.07) is 5.60. The number of hydrogen-bond acceptors (Lipinski definition) is 5. The largest absolute Gasteiger partial charge is 0.355 e. The Morgan fingerprint density at radius 3 is 2.15 bits per heavy atom. The highest BCUT2D eigenvalue weighted by molar-refractivity contribution is 7.93. The second kappa shape index (κ2) is 6.55. The fourth-order valence-electron chi connectivity index (χ4n) is 3.02. The third kappa shape index (κ3) is 3.29. The molecule has 1 N–H and O–H groups in total. The van der Waals surface area contributed by atoms with Crippen LogP contribution in [0.2, 0.25) is 0 Å². The highest BCUT2D eigenvalue weighted by Gasteiger charge is 2.24. The quantitative estimate of drug-likeness (QED) is 0.676. The third-order valence-electron chi connectivity index (χ3n) is 4.46. The van der Waals surface area contributed by atoms with Gasteiger partial charge in [-0.25, -0.2) is 8.42 Å². The lowest BCUT2D eigenvalue weighted by Gasteiger charge is -2.14. The van der Waals surface area contributed by atoms with Gasteiger partial charge in [0.15, 0.2) is 5.76 Å². The van der Waals surface area contributed by atoms with Gasteiger partial charge in [-0.15, -0.1) is 11.3 Å². The Labute approximate surface area is 158 Å². The fourth-order valence-corrected chi connectivity index (χ4v) is 5.85. The standard InChI is InChI=1S/C19H22N2O3S2/c1-10-7-11(2)18(12(3)8-10)21-26(22,23)17-9-16(25-15(17)6)19-13(4)14(5)20-24-19/h7-9,21H,1-6H3. The van der Waals surface area contributed by atoms with Gasteiger partial charge in [-0.2, -0.15) is 0 Å². The minimum absolute atomic E-state index is 0.269. The van der Waals surface area contributed by atoms with Crippen LogP contribution in [0.5, 0.6) is 0 Å². The van der Waals surface area contributed by atoms with Crippen LogP contribution < -0.4 is 4.72 Å².